The Balaban J connectivity index is 1.95. The van der Waals surface area contributed by atoms with E-state index in [2.05, 4.69) is 4.98 Å². The molecule has 1 aliphatic carbocycles. The molecular weight excluding hydrogens is 234 g/mol. The molecule has 0 bridgehead atoms. The molecule has 0 saturated heterocycles. The van der Waals surface area contributed by atoms with Crippen LogP contribution in [0.2, 0.25) is 0 Å². The van der Waals surface area contributed by atoms with Crippen molar-refractivity contribution in [2.45, 2.75) is 24.8 Å². The van der Waals surface area contributed by atoms with Crippen molar-refractivity contribution in [2.24, 2.45) is 11.8 Å². The van der Waals surface area contributed by atoms with E-state index in [4.69, 9.17) is 0 Å². The molecule has 1 N–H and O–H groups in total. The van der Waals surface area contributed by atoms with Crippen molar-refractivity contribution in [3.8, 4) is 0 Å². The molecule has 92 valence electrons. The largest absolute Gasteiger partial charge is 0.396 e. The van der Waals surface area contributed by atoms with Gasteiger partial charge < -0.3 is 5.11 Å². The molecule has 1 aliphatic rings. The van der Waals surface area contributed by atoms with Crippen molar-refractivity contribution < 1.29 is 9.90 Å². The van der Waals surface area contributed by atoms with E-state index in [1.807, 2.05) is 25.1 Å². The quantitative estimate of drug-likeness (QED) is 0.832. The molecule has 1 aromatic rings. The number of carbonyl (C=O) groups excluding carboxylic acids is 1. The highest BCUT2D eigenvalue weighted by Gasteiger charge is 2.33. The average Bonchev–Trinajstić information content (AvgIpc) is 2.67. The highest BCUT2D eigenvalue weighted by molar-refractivity contribution is 7.99. The summed E-state index contributed by atoms with van der Waals surface area (Å²) in [6.45, 7) is 2.08. The van der Waals surface area contributed by atoms with Gasteiger partial charge in [-0.15, -0.1) is 11.8 Å². The summed E-state index contributed by atoms with van der Waals surface area (Å²) in [4.78, 5) is 16.1. The predicted octanol–water partition coefficient (Wildman–Crippen LogP) is 2.07. The van der Waals surface area contributed by atoms with Crippen LogP contribution >= 0.6 is 11.8 Å². The number of thioether (sulfide) groups is 1. The highest BCUT2D eigenvalue weighted by atomic mass is 32.2. The molecule has 2 unspecified atom stereocenters. The minimum Gasteiger partial charge on any atom is -0.396 e. The van der Waals surface area contributed by atoms with Gasteiger partial charge in [-0.1, -0.05) is 6.07 Å². The van der Waals surface area contributed by atoms with Gasteiger partial charge in [-0.25, -0.2) is 4.98 Å². The molecule has 2 atom stereocenters. The summed E-state index contributed by atoms with van der Waals surface area (Å²) < 4.78 is 0. The monoisotopic (exact) mass is 251 g/mol. The van der Waals surface area contributed by atoms with Gasteiger partial charge in [0.05, 0.1) is 5.03 Å². The van der Waals surface area contributed by atoms with Crippen LogP contribution in [0.1, 0.15) is 18.5 Å². The van der Waals surface area contributed by atoms with Crippen LogP contribution in [0.25, 0.3) is 0 Å². The number of rotatable bonds is 4. The molecule has 4 heteroatoms. The fourth-order valence-corrected chi connectivity index (χ4v) is 3.39. The Kier molecular flexibility index (Phi) is 4.18. The fourth-order valence-electron chi connectivity index (χ4n) is 2.20. The van der Waals surface area contributed by atoms with Crippen molar-refractivity contribution in [3.05, 3.63) is 23.9 Å². The maximum atomic E-state index is 11.7. The fraction of sp³-hybridized carbons (Fsp3) is 0.538. The van der Waals surface area contributed by atoms with Crippen molar-refractivity contribution in [1.29, 1.82) is 0 Å². The molecule has 0 radical (unpaired) electrons. The topological polar surface area (TPSA) is 50.2 Å². The number of Topliss-reactive ketones (excluding diaryl/α,β-unsaturated/α-hetero) is 1. The number of aliphatic hydroxyl groups is 1. The van der Waals surface area contributed by atoms with Crippen LogP contribution in [0, 0.1) is 18.8 Å². The second kappa shape index (κ2) is 5.65. The molecule has 0 aliphatic heterocycles. The molecule has 0 spiro atoms. The van der Waals surface area contributed by atoms with Crippen molar-refractivity contribution in [1.82, 2.24) is 4.98 Å². The van der Waals surface area contributed by atoms with E-state index in [1.54, 1.807) is 11.8 Å². The molecule has 1 aromatic heterocycles. The second-order valence-corrected chi connectivity index (χ2v) is 5.52. The normalized spacial score (nSPS) is 24.2. The lowest BCUT2D eigenvalue weighted by Crippen LogP contribution is -2.20. The Labute approximate surface area is 106 Å². The SMILES string of the molecule is Cc1cccc(SCC2C(=O)CCC2CO)n1. The average molecular weight is 251 g/mol. The zero-order valence-corrected chi connectivity index (χ0v) is 10.7. The number of pyridine rings is 1. The lowest BCUT2D eigenvalue weighted by Gasteiger charge is -2.15. The molecule has 17 heavy (non-hydrogen) atoms. The standard InChI is InChI=1S/C13H17NO2S/c1-9-3-2-4-13(14-9)17-8-11-10(7-15)5-6-12(11)16/h2-4,10-11,15H,5-8H2,1H3. The van der Waals surface area contributed by atoms with E-state index in [-0.39, 0.29) is 18.4 Å². The minimum absolute atomic E-state index is 0.00677. The molecule has 1 saturated carbocycles. The van der Waals surface area contributed by atoms with Gasteiger partial charge >= 0.3 is 0 Å². The number of ketones is 1. The first-order valence-electron chi connectivity index (χ1n) is 5.90. The summed E-state index contributed by atoms with van der Waals surface area (Å²) in [5.74, 6) is 1.19. The molecule has 0 aromatic carbocycles. The van der Waals surface area contributed by atoms with Crippen LogP contribution in [-0.4, -0.2) is 28.2 Å². The van der Waals surface area contributed by atoms with Gasteiger partial charge in [0, 0.05) is 30.4 Å². The predicted molar refractivity (Wildman–Crippen MR) is 68.0 cm³/mol. The van der Waals surface area contributed by atoms with Crippen molar-refractivity contribution in [2.75, 3.05) is 12.4 Å². The zero-order valence-electron chi connectivity index (χ0n) is 9.93. The van der Waals surface area contributed by atoms with Gasteiger partial charge in [0.2, 0.25) is 0 Å². The molecule has 1 heterocycles. The van der Waals surface area contributed by atoms with Crippen LogP contribution < -0.4 is 0 Å². The second-order valence-electron chi connectivity index (χ2n) is 4.48. The van der Waals surface area contributed by atoms with Gasteiger partial charge in [0.15, 0.2) is 0 Å². The van der Waals surface area contributed by atoms with Crippen LogP contribution in [-0.2, 0) is 4.79 Å². The van der Waals surface area contributed by atoms with E-state index in [9.17, 15) is 9.90 Å². The number of hydrogen-bond donors (Lipinski definition) is 1. The van der Waals surface area contributed by atoms with Gasteiger partial charge in [-0.3, -0.25) is 4.79 Å². The maximum absolute atomic E-state index is 11.7. The third kappa shape index (κ3) is 3.07. The van der Waals surface area contributed by atoms with Gasteiger partial charge in [-0.05, 0) is 31.4 Å². The number of carbonyl (C=O) groups is 1. The number of nitrogens with zero attached hydrogens (tertiary/aromatic N) is 1. The first-order chi connectivity index (χ1) is 8.20. The summed E-state index contributed by atoms with van der Waals surface area (Å²) in [6, 6.07) is 5.90. The third-order valence-corrected chi connectivity index (χ3v) is 4.30. The summed E-state index contributed by atoms with van der Waals surface area (Å²) >= 11 is 1.61. The molecule has 1 fully saturated rings. The van der Waals surface area contributed by atoms with Crippen molar-refractivity contribution >= 4 is 17.5 Å². The third-order valence-electron chi connectivity index (χ3n) is 3.25. The lowest BCUT2D eigenvalue weighted by atomic mass is 9.99. The van der Waals surface area contributed by atoms with Gasteiger partial charge in [0.25, 0.3) is 0 Å². The van der Waals surface area contributed by atoms with E-state index in [0.29, 0.717) is 12.2 Å². The Morgan fingerprint density at radius 1 is 1.53 bits per heavy atom. The first-order valence-corrected chi connectivity index (χ1v) is 6.89. The minimum atomic E-state index is 0.00677. The number of aryl methyl sites for hydroxylation is 1. The lowest BCUT2D eigenvalue weighted by molar-refractivity contribution is -0.120. The Morgan fingerprint density at radius 3 is 3.06 bits per heavy atom. The molecular formula is C13H17NO2S. The Bertz CT molecular complexity index is 408. The Hall–Kier alpha value is -0.870. The van der Waals surface area contributed by atoms with Crippen molar-refractivity contribution in [3.63, 3.8) is 0 Å². The van der Waals surface area contributed by atoms with Crippen LogP contribution in [0.3, 0.4) is 0 Å². The summed E-state index contributed by atoms with van der Waals surface area (Å²) in [5, 5.41) is 10.2. The summed E-state index contributed by atoms with van der Waals surface area (Å²) in [6.07, 6.45) is 1.46. The van der Waals surface area contributed by atoms with Gasteiger partial charge in [0.1, 0.15) is 5.78 Å². The molecule has 2 rings (SSSR count). The summed E-state index contributed by atoms with van der Waals surface area (Å²) in [5.41, 5.74) is 0.992. The van der Waals surface area contributed by atoms with E-state index in [0.717, 1.165) is 22.9 Å². The number of hydrogen-bond acceptors (Lipinski definition) is 4. The zero-order chi connectivity index (χ0) is 12.3. The van der Waals surface area contributed by atoms with Crippen LogP contribution in [0.4, 0.5) is 0 Å². The van der Waals surface area contributed by atoms with E-state index >= 15 is 0 Å². The highest BCUT2D eigenvalue weighted by Crippen LogP contribution is 2.32. The first kappa shape index (κ1) is 12.6. The van der Waals surface area contributed by atoms with Crippen LogP contribution in [0.5, 0.6) is 0 Å². The summed E-state index contributed by atoms with van der Waals surface area (Å²) in [7, 11) is 0. The molecule has 3 nitrogen and oxygen atoms in total. The number of aliphatic hydroxyl groups excluding tert-OH is 1. The van der Waals surface area contributed by atoms with E-state index in [1.165, 1.54) is 0 Å². The van der Waals surface area contributed by atoms with Gasteiger partial charge in [-0.2, -0.15) is 0 Å². The smallest absolute Gasteiger partial charge is 0.137 e. The van der Waals surface area contributed by atoms with Crippen LogP contribution in [0.15, 0.2) is 23.2 Å². The Morgan fingerprint density at radius 2 is 2.35 bits per heavy atom. The maximum Gasteiger partial charge on any atom is 0.137 e. The van der Waals surface area contributed by atoms with E-state index < -0.39 is 0 Å². The number of aromatic nitrogens is 1. The molecule has 0 amide bonds.